The van der Waals surface area contributed by atoms with E-state index in [4.69, 9.17) is 9.47 Å². The summed E-state index contributed by atoms with van der Waals surface area (Å²) in [5.41, 5.74) is 9.05. The summed E-state index contributed by atoms with van der Waals surface area (Å²) in [5, 5.41) is 12.7. The highest BCUT2D eigenvalue weighted by atomic mass is 16.7. The molecular formula is C45H45N5O4. The predicted molar refractivity (Wildman–Crippen MR) is 209 cm³/mol. The lowest BCUT2D eigenvalue weighted by Crippen LogP contribution is -2.49. The number of aromatic nitrogens is 2. The van der Waals surface area contributed by atoms with E-state index in [1.54, 1.807) is 0 Å². The van der Waals surface area contributed by atoms with E-state index in [1.165, 1.54) is 11.8 Å². The number of aliphatic hydroxyl groups is 1. The molecule has 2 saturated heterocycles. The Balaban J connectivity index is 0.947. The van der Waals surface area contributed by atoms with Crippen molar-refractivity contribution in [3.05, 3.63) is 167 Å². The zero-order chi connectivity index (χ0) is 36.7. The molecule has 2 aliphatic rings. The number of benzene rings is 5. The zero-order valence-electron chi connectivity index (χ0n) is 30.3. The first-order valence-corrected chi connectivity index (χ1v) is 18.8. The van der Waals surface area contributed by atoms with E-state index >= 15 is 0 Å². The van der Waals surface area contributed by atoms with Crippen molar-refractivity contribution >= 4 is 16.9 Å². The van der Waals surface area contributed by atoms with Crippen molar-refractivity contribution < 1.29 is 19.4 Å². The van der Waals surface area contributed by atoms with Gasteiger partial charge in [-0.15, -0.1) is 0 Å². The van der Waals surface area contributed by atoms with E-state index in [0.29, 0.717) is 12.1 Å². The highest BCUT2D eigenvalue weighted by Crippen LogP contribution is 2.39. The van der Waals surface area contributed by atoms with Gasteiger partial charge in [0.1, 0.15) is 5.69 Å². The number of para-hydroxylation sites is 2. The van der Waals surface area contributed by atoms with Gasteiger partial charge in [0.2, 0.25) is 0 Å². The van der Waals surface area contributed by atoms with Gasteiger partial charge in [0, 0.05) is 57.8 Å². The Morgan fingerprint density at radius 2 is 1.41 bits per heavy atom. The van der Waals surface area contributed by atoms with Gasteiger partial charge in [-0.3, -0.25) is 19.6 Å². The topological polar surface area (TPSA) is 100 Å². The zero-order valence-corrected chi connectivity index (χ0v) is 30.3. The largest absolute Gasteiger partial charge is 0.392 e. The van der Waals surface area contributed by atoms with E-state index in [9.17, 15) is 9.90 Å². The Morgan fingerprint density at radius 3 is 2.19 bits per heavy atom. The normalized spacial score (nSPS) is 19.5. The average molecular weight is 720 g/mol. The lowest BCUT2D eigenvalue weighted by atomic mass is 9.97. The van der Waals surface area contributed by atoms with Crippen LogP contribution < -0.4 is 5.32 Å². The second-order valence-electron chi connectivity index (χ2n) is 14.1. The van der Waals surface area contributed by atoms with Crippen LogP contribution >= 0.6 is 0 Å². The molecule has 0 bridgehead atoms. The molecule has 5 aromatic carbocycles. The molecule has 9 nitrogen and oxygen atoms in total. The van der Waals surface area contributed by atoms with Gasteiger partial charge in [-0.25, -0.2) is 4.98 Å². The van der Waals surface area contributed by atoms with Crippen molar-refractivity contribution in [1.29, 1.82) is 0 Å². The summed E-state index contributed by atoms with van der Waals surface area (Å²) in [4.78, 5) is 27.0. The molecule has 274 valence electrons. The number of nitrogens with one attached hydrogen (secondary N) is 1. The Bertz CT molecular complexity index is 2150. The molecule has 0 aliphatic carbocycles. The second kappa shape index (κ2) is 16.8. The summed E-state index contributed by atoms with van der Waals surface area (Å²) in [5.74, 6) is -0.269. The van der Waals surface area contributed by atoms with Crippen LogP contribution in [0.1, 0.15) is 57.1 Å². The third-order valence-electron chi connectivity index (χ3n) is 10.4. The predicted octanol–water partition coefficient (Wildman–Crippen LogP) is 7.08. The molecule has 9 heteroatoms. The van der Waals surface area contributed by atoms with Gasteiger partial charge in [-0.1, -0.05) is 115 Å². The van der Waals surface area contributed by atoms with Crippen LogP contribution in [0.15, 0.2) is 134 Å². The molecule has 0 saturated carbocycles. The molecule has 1 amide bonds. The minimum atomic E-state index is -0.530. The summed E-state index contributed by atoms with van der Waals surface area (Å²) in [7, 11) is 0. The molecule has 2 fully saturated rings. The lowest BCUT2D eigenvalue weighted by Gasteiger charge is -2.40. The molecule has 2 N–H and O–H groups in total. The van der Waals surface area contributed by atoms with Gasteiger partial charge in [0.25, 0.3) is 5.91 Å². The fourth-order valence-electron chi connectivity index (χ4n) is 7.40. The van der Waals surface area contributed by atoms with Gasteiger partial charge < -0.3 is 19.9 Å². The van der Waals surface area contributed by atoms with Gasteiger partial charge >= 0.3 is 0 Å². The van der Waals surface area contributed by atoms with E-state index in [0.717, 1.165) is 84.6 Å². The number of hydrogen-bond acceptors (Lipinski definition) is 8. The van der Waals surface area contributed by atoms with E-state index < -0.39 is 6.29 Å². The van der Waals surface area contributed by atoms with E-state index in [-0.39, 0.29) is 30.4 Å². The smallest absolute Gasteiger partial charge is 0.271 e. The van der Waals surface area contributed by atoms with Crippen molar-refractivity contribution in [1.82, 2.24) is 25.1 Å². The average Bonchev–Trinajstić information content (AvgIpc) is 3.24. The Morgan fingerprint density at radius 1 is 0.722 bits per heavy atom. The number of rotatable bonds is 11. The standard InChI is InChI=1S/C45H45N5O4/c51-31-33-14-16-35(17-15-33)43-26-38(30-50-24-22-49(23-25-50)29-32-8-2-1-3-9-32)53-45(54-43)36-20-18-34(19-21-36)39-11-5-4-10-37(39)27-47-44(52)42-28-46-40-12-6-7-13-41(40)48-42/h1-21,28,38,43,45,51H,22-27,29-31H2,(H,47,52)/t38-,43+,45+/m0/s1. The second-order valence-corrected chi connectivity index (χ2v) is 14.1. The molecule has 0 unspecified atom stereocenters. The van der Waals surface area contributed by atoms with Crippen LogP contribution in [0.25, 0.3) is 22.2 Å². The fraction of sp³-hybridized carbons (Fsp3) is 0.267. The third kappa shape index (κ3) is 8.57. The number of carbonyl (C=O) groups excluding carboxylic acids is 1. The first-order valence-electron chi connectivity index (χ1n) is 18.8. The quantitative estimate of drug-likeness (QED) is 0.147. The lowest BCUT2D eigenvalue weighted by molar-refractivity contribution is -0.253. The number of nitrogens with zero attached hydrogens (tertiary/aromatic N) is 4. The maximum absolute atomic E-state index is 13.1. The van der Waals surface area contributed by atoms with Crippen LogP contribution in [0.3, 0.4) is 0 Å². The van der Waals surface area contributed by atoms with Gasteiger partial charge in [-0.2, -0.15) is 0 Å². The molecule has 6 aromatic rings. The number of piperazine rings is 1. The van der Waals surface area contributed by atoms with Crippen LogP contribution in [0, 0.1) is 0 Å². The van der Waals surface area contributed by atoms with Crippen molar-refractivity contribution in [3.8, 4) is 11.1 Å². The first kappa shape index (κ1) is 35.7. The minimum Gasteiger partial charge on any atom is -0.392 e. The van der Waals surface area contributed by atoms with Crippen molar-refractivity contribution in [2.75, 3.05) is 32.7 Å². The van der Waals surface area contributed by atoms with Gasteiger partial charge in [0.05, 0.1) is 36.0 Å². The molecule has 3 atom stereocenters. The summed E-state index contributed by atoms with van der Waals surface area (Å²) in [6.45, 7) is 6.22. The van der Waals surface area contributed by atoms with Crippen molar-refractivity contribution in [2.24, 2.45) is 0 Å². The number of ether oxygens (including phenoxy) is 2. The number of carbonyl (C=O) groups is 1. The molecule has 0 spiro atoms. The first-order chi connectivity index (χ1) is 26.6. The monoisotopic (exact) mass is 719 g/mol. The van der Waals surface area contributed by atoms with Crippen LogP contribution in [0.5, 0.6) is 0 Å². The molecule has 1 aromatic heterocycles. The number of fused-ring (bicyclic) bond motifs is 1. The van der Waals surface area contributed by atoms with Crippen LogP contribution in [0.2, 0.25) is 0 Å². The highest BCUT2D eigenvalue weighted by Gasteiger charge is 2.34. The van der Waals surface area contributed by atoms with Gasteiger partial charge in [0.15, 0.2) is 6.29 Å². The Labute approximate surface area is 316 Å². The number of hydrogen-bond donors (Lipinski definition) is 2. The Kier molecular flexibility index (Phi) is 11.1. The molecule has 54 heavy (non-hydrogen) atoms. The molecular weight excluding hydrogens is 675 g/mol. The molecule has 2 aliphatic heterocycles. The summed E-state index contributed by atoms with van der Waals surface area (Å²) >= 11 is 0. The van der Waals surface area contributed by atoms with Crippen LogP contribution in [0.4, 0.5) is 0 Å². The SMILES string of the molecule is O=C(NCc1ccccc1-c1ccc([C@@H]2O[C@H](CN3CCN(Cc4ccccc4)CC3)C[C@H](c3ccc(CO)cc3)O2)cc1)c1cnc2ccccc2n1. The third-order valence-corrected chi connectivity index (χ3v) is 10.4. The highest BCUT2D eigenvalue weighted by molar-refractivity contribution is 5.93. The van der Waals surface area contributed by atoms with Crippen LogP contribution in [-0.2, 0) is 29.2 Å². The van der Waals surface area contributed by atoms with E-state index in [2.05, 4.69) is 97.9 Å². The summed E-state index contributed by atoms with van der Waals surface area (Å²) in [6, 6.07) is 42.7. The van der Waals surface area contributed by atoms with Crippen molar-refractivity contribution in [3.63, 3.8) is 0 Å². The maximum atomic E-state index is 13.1. The number of aliphatic hydroxyl groups excluding tert-OH is 1. The Hall–Kier alpha value is -5.29. The van der Waals surface area contributed by atoms with Crippen LogP contribution in [-0.4, -0.2) is 69.6 Å². The molecule has 3 heterocycles. The summed E-state index contributed by atoms with van der Waals surface area (Å²) < 4.78 is 13.4. The van der Waals surface area contributed by atoms with Gasteiger partial charge in [-0.05, 0) is 45.5 Å². The van der Waals surface area contributed by atoms with Crippen molar-refractivity contribution in [2.45, 2.75) is 44.6 Å². The molecule has 8 rings (SSSR count). The minimum absolute atomic E-state index is 0.0109. The maximum Gasteiger partial charge on any atom is 0.271 e. The van der Waals surface area contributed by atoms with E-state index in [1.807, 2.05) is 54.6 Å². The molecule has 0 radical (unpaired) electrons. The fourth-order valence-corrected chi connectivity index (χ4v) is 7.40. The summed E-state index contributed by atoms with van der Waals surface area (Å²) in [6.07, 6.45) is 1.59. The number of amides is 1.